The summed E-state index contributed by atoms with van der Waals surface area (Å²) < 4.78 is 53.5. The maximum absolute atomic E-state index is 13.2. The lowest BCUT2D eigenvalue weighted by atomic mass is 9.99. The molecule has 3 aromatic heterocycles. The lowest BCUT2D eigenvalue weighted by Gasteiger charge is -2.49. The molecule has 4 rings (SSSR count). The van der Waals surface area contributed by atoms with Gasteiger partial charge in [0, 0.05) is 37.3 Å². The Kier molecular flexibility index (Phi) is 6.29. The van der Waals surface area contributed by atoms with Crippen LogP contribution in [0.3, 0.4) is 0 Å². The number of nitrogens with zero attached hydrogens (tertiary/aromatic N) is 7. The quantitative estimate of drug-likeness (QED) is 0.567. The molecule has 0 saturated carbocycles. The molecule has 1 fully saturated rings. The minimum atomic E-state index is -3.33. The van der Waals surface area contributed by atoms with Crippen LogP contribution in [0.25, 0.3) is 17.0 Å². The summed E-state index contributed by atoms with van der Waals surface area (Å²) in [5.41, 5.74) is 1.05. The van der Waals surface area contributed by atoms with Crippen LogP contribution < -0.4 is 9.62 Å². The highest BCUT2D eigenvalue weighted by Gasteiger charge is 2.36. The summed E-state index contributed by atoms with van der Waals surface area (Å²) in [5.74, 6) is 0.650. The smallest absolute Gasteiger partial charge is 0.282 e. The number of imidazole rings is 1. The summed E-state index contributed by atoms with van der Waals surface area (Å²) in [5, 5.41) is 4.01. The van der Waals surface area contributed by atoms with Crippen molar-refractivity contribution in [3.63, 3.8) is 0 Å². The molecular formula is C20H26F2N8O2S. The van der Waals surface area contributed by atoms with Crippen molar-refractivity contribution in [3.8, 4) is 11.4 Å². The Balaban J connectivity index is 1.67. The molecule has 33 heavy (non-hydrogen) atoms. The van der Waals surface area contributed by atoms with Gasteiger partial charge < -0.3 is 4.90 Å². The molecule has 0 aliphatic carbocycles. The zero-order chi connectivity index (χ0) is 23.9. The SMILES string of the molecule is CC1C(CNS(C)(=O)=O)N(C)C(C)CN1c1cc(-c2cnc3ccc(C(F)F)nn23)ncn1. The summed E-state index contributed by atoms with van der Waals surface area (Å²) in [6, 6.07) is 4.50. The maximum atomic E-state index is 13.2. The second kappa shape index (κ2) is 8.88. The first kappa shape index (κ1) is 23.4. The van der Waals surface area contributed by atoms with E-state index >= 15 is 0 Å². The molecular weight excluding hydrogens is 454 g/mol. The predicted molar refractivity (Wildman–Crippen MR) is 120 cm³/mol. The van der Waals surface area contributed by atoms with Crippen molar-refractivity contribution in [1.29, 1.82) is 0 Å². The van der Waals surface area contributed by atoms with Gasteiger partial charge in [0.15, 0.2) is 5.65 Å². The Hall–Kier alpha value is -2.77. The number of likely N-dealkylation sites (N-methyl/N-ethyl adjacent to an activating group) is 1. The zero-order valence-corrected chi connectivity index (χ0v) is 19.5. The number of rotatable bonds is 6. The van der Waals surface area contributed by atoms with Crippen LogP contribution in [-0.4, -0.2) is 82.4 Å². The van der Waals surface area contributed by atoms with Crippen molar-refractivity contribution in [2.24, 2.45) is 0 Å². The number of piperazine rings is 1. The highest BCUT2D eigenvalue weighted by atomic mass is 32.2. The number of halogens is 2. The molecule has 0 amide bonds. The number of anilines is 1. The third-order valence-electron chi connectivity index (χ3n) is 6.10. The van der Waals surface area contributed by atoms with E-state index in [0.29, 0.717) is 29.4 Å². The van der Waals surface area contributed by atoms with Crippen molar-refractivity contribution in [2.45, 2.75) is 38.4 Å². The molecule has 13 heteroatoms. The minimum absolute atomic E-state index is 0.0612. The molecule has 178 valence electrons. The van der Waals surface area contributed by atoms with E-state index in [4.69, 9.17) is 0 Å². The first-order valence-electron chi connectivity index (χ1n) is 10.4. The zero-order valence-electron chi connectivity index (χ0n) is 18.7. The Morgan fingerprint density at radius 1 is 1.21 bits per heavy atom. The number of hydrogen-bond donors (Lipinski definition) is 1. The van der Waals surface area contributed by atoms with Gasteiger partial charge >= 0.3 is 0 Å². The van der Waals surface area contributed by atoms with Gasteiger partial charge in [-0.3, -0.25) is 4.90 Å². The number of fused-ring (bicyclic) bond motifs is 1. The molecule has 4 heterocycles. The third kappa shape index (κ3) is 4.80. The molecule has 1 aliphatic heterocycles. The topological polar surface area (TPSA) is 109 Å². The summed E-state index contributed by atoms with van der Waals surface area (Å²) >= 11 is 0. The standard InChI is InChI=1S/C20H26F2N8O2S/c1-12-10-29(13(2)16(28(12)3)9-26-33(4,31)32)19-7-15(24-11-25-19)17-8-23-18-6-5-14(20(21)22)27-30(17)18/h5-8,11-13,16,20,26H,9-10H2,1-4H3. The Bertz CT molecular complexity index is 1250. The second-order valence-electron chi connectivity index (χ2n) is 8.33. The molecule has 0 radical (unpaired) electrons. The first-order valence-corrected chi connectivity index (χ1v) is 12.3. The molecule has 1 saturated heterocycles. The van der Waals surface area contributed by atoms with Crippen LogP contribution in [0.4, 0.5) is 14.6 Å². The summed E-state index contributed by atoms with van der Waals surface area (Å²) in [6.07, 6.45) is 1.40. The van der Waals surface area contributed by atoms with Crippen molar-refractivity contribution < 1.29 is 17.2 Å². The van der Waals surface area contributed by atoms with E-state index in [0.717, 1.165) is 6.26 Å². The minimum Gasteiger partial charge on any atom is -0.351 e. The Morgan fingerprint density at radius 3 is 2.67 bits per heavy atom. The van der Waals surface area contributed by atoms with Gasteiger partial charge in [0.2, 0.25) is 10.0 Å². The Labute approximate surface area is 190 Å². The van der Waals surface area contributed by atoms with Crippen LogP contribution in [-0.2, 0) is 10.0 Å². The van der Waals surface area contributed by atoms with Gasteiger partial charge in [-0.15, -0.1) is 0 Å². The average Bonchev–Trinajstić information content (AvgIpc) is 3.19. The van der Waals surface area contributed by atoms with Gasteiger partial charge in [-0.25, -0.2) is 41.4 Å². The predicted octanol–water partition coefficient (Wildman–Crippen LogP) is 1.57. The van der Waals surface area contributed by atoms with Crippen LogP contribution >= 0.6 is 0 Å². The summed E-state index contributed by atoms with van der Waals surface area (Å²) in [4.78, 5) is 17.3. The van der Waals surface area contributed by atoms with E-state index in [2.05, 4.69) is 41.5 Å². The molecule has 0 aromatic carbocycles. The largest absolute Gasteiger partial charge is 0.351 e. The normalized spacial score (nSPS) is 22.4. The first-order chi connectivity index (χ1) is 15.5. The number of nitrogens with one attached hydrogen (secondary N) is 1. The number of sulfonamides is 1. The molecule has 0 bridgehead atoms. The van der Waals surface area contributed by atoms with Crippen molar-refractivity contribution >= 4 is 21.5 Å². The maximum Gasteiger partial charge on any atom is 0.282 e. The van der Waals surface area contributed by atoms with Gasteiger partial charge in [0.25, 0.3) is 6.43 Å². The van der Waals surface area contributed by atoms with Crippen molar-refractivity contribution in [3.05, 3.63) is 36.4 Å². The Morgan fingerprint density at radius 2 is 1.97 bits per heavy atom. The van der Waals surface area contributed by atoms with E-state index in [1.165, 1.54) is 23.0 Å². The lowest BCUT2D eigenvalue weighted by molar-refractivity contribution is 0.129. The van der Waals surface area contributed by atoms with E-state index in [-0.39, 0.29) is 30.4 Å². The molecule has 1 aliphatic rings. The van der Waals surface area contributed by atoms with E-state index in [1.807, 2.05) is 14.0 Å². The molecule has 10 nitrogen and oxygen atoms in total. The van der Waals surface area contributed by atoms with Gasteiger partial charge in [0.05, 0.1) is 18.1 Å². The van der Waals surface area contributed by atoms with E-state index in [1.54, 1.807) is 12.3 Å². The van der Waals surface area contributed by atoms with Gasteiger partial charge in [0.1, 0.15) is 23.5 Å². The highest BCUT2D eigenvalue weighted by Crippen LogP contribution is 2.28. The fourth-order valence-electron chi connectivity index (χ4n) is 4.13. The lowest BCUT2D eigenvalue weighted by Crippen LogP contribution is -2.64. The van der Waals surface area contributed by atoms with Gasteiger partial charge in [-0.05, 0) is 33.0 Å². The average molecular weight is 481 g/mol. The number of hydrogen-bond acceptors (Lipinski definition) is 8. The van der Waals surface area contributed by atoms with Crippen molar-refractivity contribution in [1.82, 2.24) is 34.2 Å². The van der Waals surface area contributed by atoms with Crippen LogP contribution in [0.1, 0.15) is 26.0 Å². The number of aromatic nitrogens is 5. The fourth-order valence-corrected chi connectivity index (χ4v) is 4.60. The summed E-state index contributed by atoms with van der Waals surface area (Å²) in [6.45, 7) is 5.02. The van der Waals surface area contributed by atoms with Gasteiger partial charge in [-0.2, -0.15) is 5.10 Å². The highest BCUT2D eigenvalue weighted by molar-refractivity contribution is 7.88. The van der Waals surface area contributed by atoms with E-state index in [9.17, 15) is 17.2 Å². The van der Waals surface area contributed by atoms with E-state index < -0.39 is 16.4 Å². The second-order valence-corrected chi connectivity index (χ2v) is 10.2. The molecule has 1 N–H and O–H groups in total. The van der Waals surface area contributed by atoms with Gasteiger partial charge in [-0.1, -0.05) is 0 Å². The monoisotopic (exact) mass is 480 g/mol. The molecule has 3 atom stereocenters. The van der Waals surface area contributed by atoms with Crippen molar-refractivity contribution in [2.75, 3.05) is 31.3 Å². The third-order valence-corrected chi connectivity index (χ3v) is 6.79. The molecule has 0 spiro atoms. The van der Waals surface area contributed by atoms with Crippen LogP contribution in [0.5, 0.6) is 0 Å². The summed E-state index contributed by atoms with van der Waals surface area (Å²) in [7, 11) is -1.35. The molecule has 3 unspecified atom stereocenters. The fraction of sp³-hybridized carbons (Fsp3) is 0.500. The van der Waals surface area contributed by atoms with Crippen LogP contribution in [0.15, 0.2) is 30.7 Å². The van der Waals surface area contributed by atoms with Crippen LogP contribution in [0.2, 0.25) is 0 Å². The molecule has 3 aromatic rings. The van der Waals surface area contributed by atoms with Crippen LogP contribution in [0, 0.1) is 0 Å². The number of alkyl halides is 2.